The van der Waals surface area contributed by atoms with E-state index in [-0.39, 0.29) is 35.5 Å². The van der Waals surface area contributed by atoms with Crippen LogP contribution in [-0.4, -0.2) is 82.0 Å². The van der Waals surface area contributed by atoms with Crippen LogP contribution in [0.15, 0.2) is 30.3 Å². The predicted molar refractivity (Wildman–Crippen MR) is 132 cm³/mol. The molecule has 2 aliphatic carbocycles. The van der Waals surface area contributed by atoms with E-state index in [0.29, 0.717) is 25.2 Å². The minimum absolute atomic E-state index is 0.0144. The van der Waals surface area contributed by atoms with Gasteiger partial charge in [0.1, 0.15) is 12.2 Å². The van der Waals surface area contributed by atoms with E-state index in [4.69, 9.17) is 5.73 Å². The van der Waals surface area contributed by atoms with Crippen molar-refractivity contribution in [3.8, 4) is 0 Å². The summed E-state index contributed by atoms with van der Waals surface area (Å²) in [5.41, 5.74) is 7.69. The molecule has 3 heterocycles. The second-order valence-corrected chi connectivity index (χ2v) is 11.9. The van der Waals surface area contributed by atoms with E-state index in [1.54, 1.807) is 0 Å². The zero-order valence-electron chi connectivity index (χ0n) is 20.8. The summed E-state index contributed by atoms with van der Waals surface area (Å²) in [7, 11) is 2.10. The van der Waals surface area contributed by atoms with Crippen LogP contribution in [0, 0.1) is 0 Å². The molecule has 1 aromatic rings. The van der Waals surface area contributed by atoms with Gasteiger partial charge in [-0.2, -0.15) is 0 Å². The van der Waals surface area contributed by atoms with Crippen LogP contribution in [0.2, 0.25) is 0 Å². The fraction of sp³-hybridized carbons (Fsp3) is 0.714. The number of fused-ring (bicyclic) bond motifs is 1. The topological polar surface area (TPSA) is 69.9 Å². The van der Waals surface area contributed by atoms with Gasteiger partial charge >= 0.3 is 0 Å². The molecule has 6 rings (SSSR count). The Balaban J connectivity index is 1.20. The molecular weight excluding hydrogens is 443 g/mol. The number of amides is 2. The van der Waals surface area contributed by atoms with E-state index in [9.17, 15) is 14.0 Å². The molecule has 5 fully saturated rings. The largest absolute Gasteiger partial charge is 0.335 e. The van der Waals surface area contributed by atoms with Crippen molar-refractivity contribution < 1.29 is 14.0 Å². The van der Waals surface area contributed by atoms with Crippen molar-refractivity contribution in [2.75, 3.05) is 13.6 Å². The third-order valence-electron chi connectivity index (χ3n) is 9.89. The van der Waals surface area contributed by atoms with Crippen LogP contribution in [0.25, 0.3) is 0 Å². The van der Waals surface area contributed by atoms with Crippen LogP contribution in [-0.2, 0) is 9.59 Å². The average Bonchev–Trinajstić information content (AvgIpc) is 3.33. The van der Waals surface area contributed by atoms with Crippen molar-refractivity contribution in [2.45, 2.75) is 112 Å². The summed E-state index contributed by atoms with van der Waals surface area (Å²) < 4.78 is 13.5. The number of hydrogen-bond donors (Lipinski definition) is 1. The van der Waals surface area contributed by atoms with E-state index in [2.05, 4.69) is 41.1 Å². The Kier molecular flexibility index (Phi) is 5.91. The van der Waals surface area contributed by atoms with Gasteiger partial charge in [-0.15, -0.1) is 0 Å². The maximum absolute atomic E-state index is 14.0. The van der Waals surface area contributed by atoms with Gasteiger partial charge in [-0.1, -0.05) is 30.3 Å². The van der Waals surface area contributed by atoms with Gasteiger partial charge in [-0.3, -0.25) is 9.59 Å². The Morgan fingerprint density at radius 3 is 2.49 bits per heavy atom. The highest BCUT2D eigenvalue weighted by Crippen LogP contribution is 2.54. The molecule has 0 bridgehead atoms. The summed E-state index contributed by atoms with van der Waals surface area (Å²) in [4.78, 5) is 33.8. The molecule has 6 nitrogen and oxygen atoms in total. The fourth-order valence-corrected chi connectivity index (χ4v) is 7.45. The SMILES string of the molecule is CN(C1CC(F)C1)[C@H]1CC[C@H](N)C(=O)N2[C@H](CC[C@H]2C(=O)N2C[C@@H](c3ccccc3)CC23CC3)C1. The number of alkyl halides is 1. The minimum Gasteiger partial charge on any atom is -0.335 e. The zero-order valence-corrected chi connectivity index (χ0v) is 20.8. The number of nitrogens with two attached hydrogens (primary N) is 1. The van der Waals surface area contributed by atoms with Crippen molar-refractivity contribution >= 4 is 11.8 Å². The Bertz CT molecular complexity index is 963. The number of rotatable bonds is 4. The monoisotopic (exact) mass is 482 g/mol. The molecule has 3 aliphatic heterocycles. The lowest BCUT2D eigenvalue weighted by atomic mass is 9.86. The number of carbonyl (C=O) groups excluding carboxylic acids is 2. The molecule has 0 aromatic heterocycles. The smallest absolute Gasteiger partial charge is 0.245 e. The third kappa shape index (κ3) is 4.08. The third-order valence-corrected chi connectivity index (χ3v) is 9.89. The van der Waals surface area contributed by atoms with Crippen molar-refractivity contribution in [3.05, 3.63) is 35.9 Å². The summed E-state index contributed by atoms with van der Waals surface area (Å²) in [6, 6.07) is 10.2. The van der Waals surface area contributed by atoms with Gasteiger partial charge in [0.2, 0.25) is 11.8 Å². The molecule has 0 radical (unpaired) electrons. The Morgan fingerprint density at radius 1 is 1.06 bits per heavy atom. The van der Waals surface area contributed by atoms with E-state index in [0.717, 1.165) is 51.5 Å². The normalized spacial score (nSPS) is 38.3. The van der Waals surface area contributed by atoms with E-state index < -0.39 is 18.3 Å². The van der Waals surface area contributed by atoms with Crippen LogP contribution in [0.4, 0.5) is 4.39 Å². The zero-order chi connectivity index (χ0) is 24.3. The summed E-state index contributed by atoms with van der Waals surface area (Å²) in [6.45, 7) is 0.746. The van der Waals surface area contributed by atoms with Crippen LogP contribution in [0.5, 0.6) is 0 Å². The van der Waals surface area contributed by atoms with Crippen molar-refractivity contribution in [3.63, 3.8) is 0 Å². The maximum Gasteiger partial charge on any atom is 0.245 e. The molecular formula is C28H39FN4O2. The first-order valence-electron chi connectivity index (χ1n) is 13.7. The first-order chi connectivity index (χ1) is 16.9. The molecule has 5 aliphatic rings. The number of halogens is 1. The summed E-state index contributed by atoms with van der Waals surface area (Å²) >= 11 is 0. The average molecular weight is 483 g/mol. The molecule has 3 saturated heterocycles. The Hall–Kier alpha value is -1.99. The van der Waals surface area contributed by atoms with Gasteiger partial charge < -0.3 is 20.4 Å². The number of nitrogens with zero attached hydrogens (tertiary/aromatic N) is 3. The van der Waals surface area contributed by atoms with Gasteiger partial charge in [0.25, 0.3) is 0 Å². The first-order valence-corrected chi connectivity index (χ1v) is 13.7. The van der Waals surface area contributed by atoms with Gasteiger partial charge in [0.05, 0.1) is 6.04 Å². The molecule has 190 valence electrons. The standard InChI is InChI=1S/C28H39FN4O2/c1-31(23-13-20(29)14-23)21-7-9-24(30)26(34)33-22(15-21)8-10-25(33)27(35)32-17-19(16-28(32)11-12-28)18-5-3-2-4-6-18/h2-6,19-25H,7-17,30H2,1H3/t19-,20?,21-,22+,23?,24-,25-/m0/s1. The Morgan fingerprint density at radius 2 is 1.80 bits per heavy atom. The number of hydrogen-bond acceptors (Lipinski definition) is 4. The lowest BCUT2D eigenvalue weighted by Gasteiger charge is -2.45. The summed E-state index contributed by atoms with van der Waals surface area (Å²) in [6.07, 6.45) is 7.57. The van der Waals surface area contributed by atoms with E-state index in [1.165, 1.54) is 5.56 Å². The highest BCUT2D eigenvalue weighted by atomic mass is 19.1. The molecule has 1 spiro atoms. The fourth-order valence-electron chi connectivity index (χ4n) is 7.45. The highest BCUT2D eigenvalue weighted by Gasteiger charge is 2.58. The summed E-state index contributed by atoms with van der Waals surface area (Å²) in [5.74, 6) is 0.446. The van der Waals surface area contributed by atoms with E-state index >= 15 is 0 Å². The molecule has 2 amide bonds. The molecule has 7 heteroatoms. The van der Waals surface area contributed by atoms with Gasteiger partial charge in [-0.05, 0) is 76.8 Å². The minimum atomic E-state index is -0.681. The van der Waals surface area contributed by atoms with Crippen molar-refractivity contribution in [1.29, 1.82) is 0 Å². The van der Waals surface area contributed by atoms with Gasteiger partial charge in [0, 0.05) is 36.1 Å². The lowest BCUT2D eigenvalue weighted by Crippen LogP contribution is -2.58. The maximum atomic E-state index is 14.0. The molecule has 1 aromatic carbocycles. The molecule has 2 N–H and O–H groups in total. The van der Waals surface area contributed by atoms with Crippen molar-refractivity contribution in [2.24, 2.45) is 5.73 Å². The summed E-state index contributed by atoms with van der Waals surface area (Å²) in [5, 5.41) is 0. The molecule has 2 saturated carbocycles. The van der Waals surface area contributed by atoms with Crippen LogP contribution in [0.1, 0.15) is 75.7 Å². The number of benzene rings is 1. The van der Waals surface area contributed by atoms with E-state index in [1.807, 2.05) is 11.0 Å². The predicted octanol–water partition coefficient (Wildman–Crippen LogP) is 3.21. The van der Waals surface area contributed by atoms with Gasteiger partial charge in [0.15, 0.2) is 0 Å². The molecule has 0 unspecified atom stereocenters. The lowest BCUT2D eigenvalue weighted by molar-refractivity contribution is -0.148. The van der Waals surface area contributed by atoms with Crippen LogP contribution < -0.4 is 5.73 Å². The second kappa shape index (κ2) is 8.84. The number of likely N-dealkylation sites (tertiary alicyclic amines) is 1. The first kappa shape index (κ1) is 23.4. The molecule has 35 heavy (non-hydrogen) atoms. The van der Waals surface area contributed by atoms with Crippen LogP contribution >= 0.6 is 0 Å². The van der Waals surface area contributed by atoms with Gasteiger partial charge in [-0.25, -0.2) is 4.39 Å². The molecule has 5 atom stereocenters. The quantitative estimate of drug-likeness (QED) is 0.716. The Labute approximate surface area is 208 Å². The highest BCUT2D eigenvalue weighted by molar-refractivity contribution is 5.91. The van der Waals surface area contributed by atoms with Crippen molar-refractivity contribution in [1.82, 2.24) is 14.7 Å². The second-order valence-electron chi connectivity index (χ2n) is 11.9. The van der Waals surface area contributed by atoms with Crippen LogP contribution in [0.3, 0.4) is 0 Å². The number of carbonyl (C=O) groups is 2.